The minimum atomic E-state index is -0.916. The van der Waals surface area contributed by atoms with Gasteiger partial charge in [0.15, 0.2) is 0 Å². The van der Waals surface area contributed by atoms with E-state index in [0.717, 1.165) is 16.2 Å². The highest BCUT2D eigenvalue weighted by Crippen LogP contribution is 2.31. The van der Waals surface area contributed by atoms with Crippen LogP contribution in [0.3, 0.4) is 0 Å². The molecule has 0 atom stereocenters. The number of aliphatic carboxylic acids is 1. The lowest BCUT2D eigenvalue weighted by Gasteiger charge is -2.09. The van der Waals surface area contributed by atoms with Crippen molar-refractivity contribution in [1.29, 1.82) is 0 Å². The van der Waals surface area contributed by atoms with Gasteiger partial charge in [-0.2, -0.15) is 0 Å². The molecule has 0 saturated heterocycles. The van der Waals surface area contributed by atoms with Gasteiger partial charge in [-0.05, 0) is 23.6 Å². The Hall–Kier alpha value is -2.00. The molecule has 102 valence electrons. The van der Waals surface area contributed by atoms with E-state index >= 15 is 0 Å². The van der Waals surface area contributed by atoms with Crippen LogP contribution in [0.5, 0.6) is 0 Å². The quantitative estimate of drug-likeness (QED) is 0.829. The Morgan fingerprint density at radius 1 is 1.10 bits per heavy atom. The van der Waals surface area contributed by atoms with Gasteiger partial charge < -0.3 is 5.11 Å². The van der Waals surface area contributed by atoms with E-state index in [1.165, 1.54) is 17.2 Å². The van der Waals surface area contributed by atoms with Crippen molar-refractivity contribution in [2.75, 3.05) is 0 Å². The van der Waals surface area contributed by atoms with Gasteiger partial charge >= 0.3 is 5.97 Å². The first-order valence-corrected chi connectivity index (χ1v) is 7.33. The molecule has 0 aliphatic heterocycles. The molecule has 0 unspecified atom stereocenters. The van der Waals surface area contributed by atoms with E-state index in [1.807, 2.05) is 42.5 Å². The maximum absolute atomic E-state index is 11.0. The van der Waals surface area contributed by atoms with Gasteiger partial charge in [-0.1, -0.05) is 54.6 Å². The van der Waals surface area contributed by atoms with Crippen LogP contribution in [-0.4, -0.2) is 11.1 Å². The molecule has 1 N–H and O–H groups in total. The summed E-state index contributed by atoms with van der Waals surface area (Å²) >= 11 is 1.55. The molecule has 0 spiro atoms. The molecule has 20 heavy (non-hydrogen) atoms. The van der Waals surface area contributed by atoms with Crippen molar-refractivity contribution in [3.05, 3.63) is 77.4 Å². The largest absolute Gasteiger partial charge is 0.478 e. The number of carboxylic acid groups (broad SMARTS) is 1. The maximum atomic E-state index is 11.0. The van der Waals surface area contributed by atoms with Gasteiger partial charge in [0.2, 0.25) is 0 Å². The molecule has 0 radical (unpaired) electrons. The van der Waals surface area contributed by atoms with Crippen LogP contribution in [0.2, 0.25) is 0 Å². The predicted octanol–water partition coefficient (Wildman–Crippen LogP) is 4.35. The zero-order valence-corrected chi connectivity index (χ0v) is 12.1. The Balaban J connectivity index is 2.18. The summed E-state index contributed by atoms with van der Waals surface area (Å²) in [4.78, 5) is 11.8. The number of carboxylic acids is 1. The van der Waals surface area contributed by atoms with Gasteiger partial charge in [0.25, 0.3) is 0 Å². The van der Waals surface area contributed by atoms with Crippen molar-refractivity contribution in [1.82, 2.24) is 0 Å². The third-order valence-electron chi connectivity index (χ3n) is 2.96. The molecule has 0 heterocycles. The van der Waals surface area contributed by atoms with Crippen LogP contribution in [0.1, 0.15) is 16.7 Å². The summed E-state index contributed by atoms with van der Waals surface area (Å²) in [7, 11) is 0. The highest BCUT2D eigenvalue weighted by atomic mass is 32.2. The van der Waals surface area contributed by atoms with Crippen molar-refractivity contribution in [3.63, 3.8) is 0 Å². The van der Waals surface area contributed by atoms with E-state index in [-0.39, 0.29) is 0 Å². The maximum Gasteiger partial charge on any atom is 0.329 e. The highest BCUT2D eigenvalue weighted by Gasteiger charge is 2.06. The van der Waals surface area contributed by atoms with Crippen LogP contribution in [0.4, 0.5) is 0 Å². The molecule has 0 aliphatic rings. The molecule has 0 aromatic heterocycles. The molecule has 2 aromatic rings. The second-order valence-corrected chi connectivity index (χ2v) is 5.45. The topological polar surface area (TPSA) is 37.3 Å². The van der Waals surface area contributed by atoms with E-state index in [1.54, 1.807) is 11.8 Å². The molecule has 2 aromatic carbocycles. The zero-order chi connectivity index (χ0) is 14.4. The van der Waals surface area contributed by atoms with Crippen molar-refractivity contribution in [2.24, 2.45) is 0 Å². The van der Waals surface area contributed by atoms with E-state index in [0.29, 0.717) is 0 Å². The third kappa shape index (κ3) is 4.00. The fraction of sp³-hybridized carbons (Fsp3) is 0.118. The molecule has 0 fully saturated rings. The van der Waals surface area contributed by atoms with Crippen LogP contribution in [0.15, 0.2) is 60.7 Å². The lowest BCUT2D eigenvalue weighted by Crippen LogP contribution is -1.92. The lowest BCUT2D eigenvalue weighted by atomic mass is 10.1. The number of hydrogen-bond acceptors (Lipinski definition) is 2. The van der Waals surface area contributed by atoms with E-state index in [4.69, 9.17) is 5.11 Å². The summed E-state index contributed by atoms with van der Waals surface area (Å²) in [5.41, 5.74) is 3.39. The van der Waals surface area contributed by atoms with E-state index < -0.39 is 5.97 Å². The van der Waals surface area contributed by atoms with Crippen LogP contribution in [0, 0.1) is 6.92 Å². The van der Waals surface area contributed by atoms with Crippen molar-refractivity contribution in [2.45, 2.75) is 12.7 Å². The second kappa shape index (κ2) is 6.96. The Morgan fingerprint density at radius 2 is 1.75 bits per heavy atom. The fourth-order valence-electron chi connectivity index (χ4n) is 1.85. The standard InChI is InChI=1S/C17H16O2S/c1-13-7-5-6-10-15(13)12-20-16(11-17(18)19)14-8-3-2-4-9-14/h2-11H,12H2,1H3,(H,18,19). The fourth-order valence-corrected chi connectivity index (χ4v) is 2.97. The smallest absolute Gasteiger partial charge is 0.329 e. The number of carbonyl (C=O) groups is 1. The average Bonchev–Trinajstić information content (AvgIpc) is 2.45. The SMILES string of the molecule is Cc1ccccc1CSC(=CC(=O)O)c1ccccc1. The Bertz CT molecular complexity index is 618. The van der Waals surface area contributed by atoms with E-state index in [2.05, 4.69) is 19.1 Å². The summed E-state index contributed by atoms with van der Waals surface area (Å²) in [6, 6.07) is 17.8. The van der Waals surface area contributed by atoms with Gasteiger partial charge in [-0.25, -0.2) is 4.79 Å². The van der Waals surface area contributed by atoms with Crippen LogP contribution < -0.4 is 0 Å². The number of hydrogen-bond donors (Lipinski definition) is 1. The molecular weight excluding hydrogens is 268 g/mol. The summed E-state index contributed by atoms with van der Waals surface area (Å²) < 4.78 is 0. The van der Waals surface area contributed by atoms with Crippen LogP contribution >= 0.6 is 11.8 Å². The van der Waals surface area contributed by atoms with Crippen molar-refractivity contribution < 1.29 is 9.90 Å². The minimum Gasteiger partial charge on any atom is -0.478 e. The first-order valence-electron chi connectivity index (χ1n) is 6.34. The summed E-state index contributed by atoms with van der Waals surface area (Å²) in [6.07, 6.45) is 1.28. The highest BCUT2D eigenvalue weighted by molar-refractivity contribution is 8.07. The Labute approximate surface area is 123 Å². The van der Waals surface area contributed by atoms with Crippen LogP contribution in [-0.2, 0) is 10.5 Å². The van der Waals surface area contributed by atoms with Gasteiger partial charge in [0.05, 0.1) is 0 Å². The first kappa shape index (κ1) is 14.4. The molecule has 0 aliphatic carbocycles. The Morgan fingerprint density at radius 3 is 2.40 bits per heavy atom. The summed E-state index contributed by atoms with van der Waals surface area (Å²) in [6.45, 7) is 2.07. The molecular formula is C17H16O2S. The van der Waals surface area contributed by atoms with E-state index in [9.17, 15) is 4.79 Å². The number of aryl methyl sites for hydroxylation is 1. The third-order valence-corrected chi connectivity index (χ3v) is 4.08. The molecule has 0 saturated carbocycles. The van der Waals surface area contributed by atoms with Gasteiger partial charge in [0, 0.05) is 16.7 Å². The number of rotatable bonds is 5. The summed E-state index contributed by atoms with van der Waals surface area (Å²) in [5.74, 6) is -0.151. The predicted molar refractivity (Wildman–Crippen MR) is 84.5 cm³/mol. The molecule has 0 amide bonds. The lowest BCUT2D eigenvalue weighted by molar-refractivity contribution is -0.131. The van der Waals surface area contributed by atoms with Gasteiger partial charge in [0.1, 0.15) is 0 Å². The van der Waals surface area contributed by atoms with Gasteiger partial charge in [-0.15, -0.1) is 11.8 Å². The number of benzene rings is 2. The number of thioether (sulfide) groups is 1. The van der Waals surface area contributed by atoms with Crippen molar-refractivity contribution >= 4 is 22.6 Å². The Kier molecular flexibility index (Phi) is 5.02. The molecule has 3 heteroatoms. The van der Waals surface area contributed by atoms with Crippen LogP contribution in [0.25, 0.3) is 4.91 Å². The second-order valence-electron chi connectivity index (χ2n) is 4.43. The normalized spacial score (nSPS) is 11.3. The summed E-state index contributed by atoms with van der Waals surface area (Å²) in [5, 5.41) is 9.01. The first-order chi connectivity index (χ1) is 9.66. The van der Waals surface area contributed by atoms with Crippen molar-refractivity contribution in [3.8, 4) is 0 Å². The zero-order valence-electron chi connectivity index (χ0n) is 11.2. The average molecular weight is 284 g/mol. The monoisotopic (exact) mass is 284 g/mol. The van der Waals surface area contributed by atoms with Gasteiger partial charge in [-0.3, -0.25) is 0 Å². The molecule has 2 nitrogen and oxygen atoms in total. The molecule has 0 bridgehead atoms. The molecule has 2 rings (SSSR count). The minimum absolute atomic E-state index is 0.765.